The molecule has 6 atom stereocenters. The standard InChI is InChI=1S/C28H21NO2S2/c1-31-28(30)29-11-10-18-21-16-8-4-5-9-17(16)22(24(18)29)23-26(21)33-25-19-12-14-6-2-3-7-15(14)13-20(19)32-27(23)25/h2-13,16-18,21-22,24H,1H3/t16?,17?,18?,21-,22-,24?/m0/s1. The molecule has 0 N–H and O–H groups in total. The smallest absolute Gasteiger partial charge is 0.413 e. The third kappa shape index (κ3) is 2.22. The summed E-state index contributed by atoms with van der Waals surface area (Å²) >= 11 is 3.95. The first-order chi connectivity index (χ1) is 16.2. The number of nitrogens with zero attached hydrogens (tertiary/aromatic N) is 1. The van der Waals surface area contributed by atoms with Crippen LogP contribution in [-0.2, 0) is 4.74 Å². The van der Waals surface area contributed by atoms with E-state index >= 15 is 0 Å². The summed E-state index contributed by atoms with van der Waals surface area (Å²) in [5, 5.41) is 3.98. The van der Waals surface area contributed by atoms with Gasteiger partial charge in [-0.1, -0.05) is 54.6 Å². The van der Waals surface area contributed by atoms with Crippen LogP contribution in [0.2, 0.25) is 0 Å². The summed E-state index contributed by atoms with van der Waals surface area (Å²) < 4.78 is 9.41. The van der Waals surface area contributed by atoms with Crippen molar-refractivity contribution in [3.63, 3.8) is 0 Å². The molecule has 1 amide bonds. The third-order valence-electron chi connectivity index (χ3n) is 8.27. The van der Waals surface area contributed by atoms with Gasteiger partial charge in [0.15, 0.2) is 0 Å². The molecule has 1 saturated carbocycles. The van der Waals surface area contributed by atoms with E-state index in [2.05, 4.69) is 66.8 Å². The molecule has 4 aromatic rings. The zero-order chi connectivity index (χ0) is 21.8. The molecule has 0 saturated heterocycles. The number of hydrogen-bond acceptors (Lipinski definition) is 4. The summed E-state index contributed by atoms with van der Waals surface area (Å²) in [5.41, 5.74) is 1.50. The lowest BCUT2D eigenvalue weighted by molar-refractivity contribution is 0.0698. The van der Waals surface area contributed by atoms with E-state index in [9.17, 15) is 4.79 Å². The van der Waals surface area contributed by atoms with Gasteiger partial charge in [-0.05, 0) is 40.3 Å². The molecule has 0 spiro atoms. The van der Waals surface area contributed by atoms with Crippen LogP contribution in [0.15, 0.2) is 73.0 Å². The van der Waals surface area contributed by atoms with E-state index in [1.54, 1.807) is 4.88 Å². The minimum absolute atomic E-state index is 0.134. The van der Waals surface area contributed by atoms with Crippen LogP contribution in [-0.4, -0.2) is 24.1 Å². The van der Waals surface area contributed by atoms with Gasteiger partial charge in [0, 0.05) is 38.9 Å². The van der Waals surface area contributed by atoms with Crippen molar-refractivity contribution in [3.05, 3.63) is 83.4 Å². The molecule has 1 aliphatic heterocycles. The lowest BCUT2D eigenvalue weighted by Gasteiger charge is -2.54. The van der Waals surface area contributed by atoms with Crippen molar-refractivity contribution in [1.82, 2.24) is 4.90 Å². The summed E-state index contributed by atoms with van der Waals surface area (Å²) in [6.07, 6.45) is 13.2. The number of carbonyl (C=O) groups excluding carboxylic acids is 1. The first kappa shape index (κ1) is 18.5. The van der Waals surface area contributed by atoms with Crippen LogP contribution in [0.3, 0.4) is 0 Å². The zero-order valence-corrected chi connectivity index (χ0v) is 19.6. The Kier molecular flexibility index (Phi) is 3.57. The monoisotopic (exact) mass is 467 g/mol. The van der Waals surface area contributed by atoms with Crippen LogP contribution in [0, 0.1) is 17.8 Å². The Labute approximate surface area is 199 Å². The van der Waals surface area contributed by atoms with Crippen LogP contribution < -0.4 is 0 Å². The predicted molar refractivity (Wildman–Crippen MR) is 136 cm³/mol. The Morgan fingerprint density at radius 1 is 0.909 bits per heavy atom. The van der Waals surface area contributed by atoms with E-state index in [1.807, 2.05) is 33.8 Å². The van der Waals surface area contributed by atoms with Gasteiger partial charge >= 0.3 is 6.09 Å². The maximum absolute atomic E-state index is 12.7. The van der Waals surface area contributed by atoms with Gasteiger partial charge in [-0.25, -0.2) is 4.79 Å². The van der Waals surface area contributed by atoms with E-state index in [1.165, 1.54) is 42.9 Å². The number of hydrogen-bond donors (Lipinski definition) is 0. The molecule has 1 fully saturated rings. The maximum atomic E-state index is 12.7. The lowest BCUT2D eigenvalue weighted by atomic mass is 9.52. The second kappa shape index (κ2) is 6.37. The minimum Gasteiger partial charge on any atom is -0.452 e. The highest BCUT2D eigenvalue weighted by molar-refractivity contribution is 7.33. The molecular formula is C28H21NO2S2. The SMILES string of the molecule is COC(=O)N1C=CC2C1[C@@H]1c3c(sc4c3sc3cc5ccccc5cc34)[C@H]2C2C=CC=CC21. The Bertz CT molecular complexity index is 1590. The van der Waals surface area contributed by atoms with Crippen molar-refractivity contribution < 1.29 is 9.53 Å². The fourth-order valence-electron chi connectivity index (χ4n) is 7.06. The Hall–Kier alpha value is -2.89. The predicted octanol–water partition coefficient (Wildman–Crippen LogP) is 7.40. The summed E-state index contributed by atoms with van der Waals surface area (Å²) in [7, 11) is 1.49. The van der Waals surface area contributed by atoms with E-state index in [0.717, 1.165) is 0 Å². The topological polar surface area (TPSA) is 29.5 Å². The summed E-state index contributed by atoms with van der Waals surface area (Å²) in [5.74, 6) is 1.95. The van der Waals surface area contributed by atoms with E-state index < -0.39 is 0 Å². The highest BCUT2D eigenvalue weighted by atomic mass is 32.1. The molecule has 3 nitrogen and oxygen atoms in total. The first-order valence-electron chi connectivity index (χ1n) is 11.5. The third-order valence-corrected chi connectivity index (χ3v) is 10.9. The average Bonchev–Trinajstić information content (AvgIpc) is 3.54. The molecule has 2 bridgehead atoms. The van der Waals surface area contributed by atoms with E-state index in [-0.39, 0.29) is 18.1 Å². The molecule has 5 aliphatic rings. The minimum atomic E-state index is -0.242. The number of fused-ring (bicyclic) bond motifs is 4. The Morgan fingerprint density at radius 2 is 1.67 bits per heavy atom. The molecule has 4 aliphatic carbocycles. The zero-order valence-electron chi connectivity index (χ0n) is 18.0. The second-order valence-corrected chi connectivity index (χ2v) is 11.7. The van der Waals surface area contributed by atoms with Crippen molar-refractivity contribution in [2.45, 2.75) is 17.9 Å². The highest BCUT2D eigenvalue weighted by Gasteiger charge is 2.60. The number of thiophene rings is 2. The number of rotatable bonds is 0. The maximum Gasteiger partial charge on any atom is 0.413 e. The van der Waals surface area contributed by atoms with Crippen LogP contribution in [0.1, 0.15) is 22.3 Å². The number of methoxy groups -OCH3 is 1. The average molecular weight is 468 g/mol. The van der Waals surface area contributed by atoms with Crippen molar-refractivity contribution in [2.24, 2.45) is 17.8 Å². The van der Waals surface area contributed by atoms with Crippen molar-refractivity contribution in [1.29, 1.82) is 0 Å². The molecule has 2 aromatic carbocycles. The van der Waals surface area contributed by atoms with Crippen LogP contribution in [0.5, 0.6) is 0 Å². The number of carbonyl (C=O) groups is 1. The molecule has 33 heavy (non-hydrogen) atoms. The molecule has 3 heterocycles. The van der Waals surface area contributed by atoms with Gasteiger partial charge in [0.05, 0.1) is 22.6 Å². The van der Waals surface area contributed by atoms with Gasteiger partial charge in [-0.15, -0.1) is 22.7 Å². The highest BCUT2D eigenvalue weighted by Crippen LogP contribution is 2.66. The normalized spacial score (nSPS) is 30.9. The fraction of sp³-hybridized carbons (Fsp3) is 0.250. The van der Waals surface area contributed by atoms with E-state index in [0.29, 0.717) is 23.7 Å². The lowest BCUT2D eigenvalue weighted by Crippen LogP contribution is -2.54. The van der Waals surface area contributed by atoms with Gasteiger partial charge in [-0.3, -0.25) is 4.90 Å². The molecular weight excluding hydrogens is 446 g/mol. The Balaban J connectivity index is 1.41. The molecule has 4 unspecified atom stereocenters. The number of ether oxygens (including phenoxy) is 1. The van der Waals surface area contributed by atoms with Gasteiger partial charge in [-0.2, -0.15) is 0 Å². The van der Waals surface area contributed by atoms with Gasteiger partial charge in [0.1, 0.15) is 0 Å². The second-order valence-electron chi connectivity index (χ2n) is 9.60. The number of benzene rings is 2. The first-order valence-corrected chi connectivity index (χ1v) is 13.1. The summed E-state index contributed by atoms with van der Waals surface area (Å²) in [4.78, 5) is 16.1. The van der Waals surface area contributed by atoms with Gasteiger partial charge in [0.25, 0.3) is 0 Å². The van der Waals surface area contributed by atoms with Crippen molar-refractivity contribution >= 4 is 59.0 Å². The number of amides is 1. The number of allylic oxidation sites excluding steroid dienone is 4. The molecule has 162 valence electrons. The summed E-state index contributed by atoms with van der Waals surface area (Å²) in [6, 6.07) is 13.5. The molecule has 9 rings (SSSR count). The molecule has 0 radical (unpaired) electrons. The quantitative estimate of drug-likeness (QED) is 0.270. The van der Waals surface area contributed by atoms with Crippen LogP contribution in [0.25, 0.3) is 30.3 Å². The van der Waals surface area contributed by atoms with E-state index in [4.69, 9.17) is 4.74 Å². The van der Waals surface area contributed by atoms with Gasteiger partial charge < -0.3 is 4.74 Å². The fourth-order valence-corrected chi connectivity index (χ4v) is 10.2. The molecule has 2 aromatic heterocycles. The van der Waals surface area contributed by atoms with Crippen molar-refractivity contribution in [3.8, 4) is 0 Å². The van der Waals surface area contributed by atoms with Crippen LogP contribution in [0.4, 0.5) is 4.79 Å². The Morgan fingerprint density at radius 3 is 2.45 bits per heavy atom. The van der Waals surface area contributed by atoms with Crippen LogP contribution >= 0.6 is 22.7 Å². The van der Waals surface area contributed by atoms with Gasteiger partial charge in [0.2, 0.25) is 0 Å². The summed E-state index contributed by atoms with van der Waals surface area (Å²) in [6.45, 7) is 0. The molecule has 5 heteroatoms. The largest absolute Gasteiger partial charge is 0.452 e. The van der Waals surface area contributed by atoms with Crippen molar-refractivity contribution in [2.75, 3.05) is 7.11 Å².